The molecule has 1 aliphatic heterocycles. The van der Waals surface area contributed by atoms with Gasteiger partial charge in [0, 0.05) is 26.2 Å². The van der Waals surface area contributed by atoms with Crippen LogP contribution in [0.3, 0.4) is 0 Å². The van der Waals surface area contributed by atoms with Crippen LogP contribution in [0, 0.1) is 5.82 Å². The van der Waals surface area contributed by atoms with Gasteiger partial charge in [-0.2, -0.15) is 0 Å². The first kappa shape index (κ1) is 14.1. The third kappa shape index (κ3) is 3.00. The molecule has 3 nitrogen and oxygen atoms in total. The van der Waals surface area contributed by atoms with Gasteiger partial charge in [-0.25, -0.2) is 4.39 Å². The van der Waals surface area contributed by atoms with Gasteiger partial charge < -0.3 is 15.0 Å². The minimum Gasteiger partial charge on any atom is -0.494 e. The van der Waals surface area contributed by atoms with Crippen LogP contribution in [0.25, 0.3) is 0 Å². The lowest BCUT2D eigenvalue weighted by Crippen LogP contribution is -2.44. The van der Waals surface area contributed by atoms with Gasteiger partial charge in [0.2, 0.25) is 0 Å². The van der Waals surface area contributed by atoms with Crippen LogP contribution >= 0.6 is 0 Å². The van der Waals surface area contributed by atoms with E-state index in [1.807, 2.05) is 6.07 Å². The summed E-state index contributed by atoms with van der Waals surface area (Å²) < 4.78 is 19.9. The molecular formula is C15H23FN2O. The maximum atomic E-state index is 14.5. The minimum atomic E-state index is -0.189. The van der Waals surface area contributed by atoms with Crippen molar-refractivity contribution in [3.05, 3.63) is 23.5 Å². The highest BCUT2D eigenvalue weighted by atomic mass is 19.1. The number of nitrogens with one attached hydrogen (secondary N) is 1. The Labute approximate surface area is 114 Å². The molecule has 1 fully saturated rings. The fourth-order valence-electron chi connectivity index (χ4n) is 2.36. The van der Waals surface area contributed by atoms with E-state index < -0.39 is 0 Å². The largest absolute Gasteiger partial charge is 0.494 e. The molecule has 1 aliphatic rings. The zero-order valence-corrected chi connectivity index (χ0v) is 12.2. The summed E-state index contributed by atoms with van der Waals surface area (Å²) in [6.45, 7) is 9.60. The number of rotatable bonds is 2. The number of hydrogen-bond donors (Lipinski definition) is 1. The Hall–Kier alpha value is -1.29. The molecule has 0 amide bonds. The van der Waals surface area contributed by atoms with Gasteiger partial charge in [-0.15, -0.1) is 0 Å². The Morgan fingerprint density at radius 2 is 1.84 bits per heavy atom. The van der Waals surface area contributed by atoms with Crippen molar-refractivity contribution in [1.29, 1.82) is 0 Å². The molecule has 0 unspecified atom stereocenters. The van der Waals surface area contributed by atoms with Crippen LogP contribution in [-0.4, -0.2) is 33.3 Å². The van der Waals surface area contributed by atoms with E-state index in [0.29, 0.717) is 11.4 Å². The van der Waals surface area contributed by atoms with E-state index in [9.17, 15) is 4.39 Å². The lowest BCUT2D eigenvalue weighted by molar-refractivity contribution is 0.406. The number of ether oxygens (including phenoxy) is 1. The summed E-state index contributed by atoms with van der Waals surface area (Å²) >= 11 is 0. The molecule has 1 heterocycles. The molecule has 106 valence electrons. The third-order valence-corrected chi connectivity index (χ3v) is 3.55. The van der Waals surface area contributed by atoms with E-state index in [1.165, 1.54) is 0 Å². The van der Waals surface area contributed by atoms with Crippen LogP contribution in [0.4, 0.5) is 10.1 Å². The molecular weight excluding hydrogens is 243 g/mol. The monoisotopic (exact) mass is 266 g/mol. The van der Waals surface area contributed by atoms with Crippen molar-refractivity contribution in [3.8, 4) is 5.75 Å². The highest BCUT2D eigenvalue weighted by Gasteiger charge is 2.23. The molecule has 4 heteroatoms. The molecule has 0 saturated carbocycles. The summed E-state index contributed by atoms with van der Waals surface area (Å²) in [5, 5.41) is 3.27. The Morgan fingerprint density at radius 1 is 1.21 bits per heavy atom. The zero-order chi connectivity index (χ0) is 14.0. The van der Waals surface area contributed by atoms with Crippen molar-refractivity contribution in [2.45, 2.75) is 26.2 Å². The normalized spacial score (nSPS) is 16.6. The topological polar surface area (TPSA) is 24.5 Å². The molecule has 0 aliphatic carbocycles. The first-order valence-electron chi connectivity index (χ1n) is 6.77. The smallest absolute Gasteiger partial charge is 0.150 e. The predicted octanol–water partition coefficient (Wildman–Crippen LogP) is 2.54. The van der Waals surface area contributed by atoms with Gasteiger partial charge >= 0.3 is 0 Å². The quantitative estimate of drug-likeness (QED) is 0.890. The van der Waals surface area contributed by atoms with Gasteiger partial charge in [-0.3, -0.25) is 0 Å². The summed E-state index contributed by atoms with van der Waals surface area (Å²) in [4.78, 5) is 2.05. The van der Waals surface area contributed by atoms with Crippen LogP contribution in [-0.2, 0) is 5.41 Å². The molecule has 19 heavy (non-hydrogen) atoms. The highest BCUT2D eigenvalue weighted by molar-refractivity contribution is 5.62. The summed E-state index contributed by atoms with van der Waals surface area (Å²) in [6, 6.07) is 3.60. The third-order valence-electron chi connectivity index (χ3n) is 3.55. The number of piperazine rings is 1. The molecule has 1 saturated heterocycles. The van der Waals surface area contributed by atoms with Crippen LogP contribution in [0.1, 0.15) is 26.3 Å². The summed E-state index contributed by atoms with van der Waals surface area (Å²) in [6.07, 6.45) is 0. The Kier molecular flexibility index (Phi) is 3.99. The van der Waals surface area contributed by atoms with Crippen LogP contribution < -0.4 is 15.0 Å². The van der Waals surface area contributed by atoms with Crippen molar-refractivity contribution in [2.24, 2.45) is 0 Å². The van der Waals surface area contributed by atoms with Gasteiger partial charge in [0.1, 0.15) is 11.4 Å². The molecule has 0 bridgehead atoms. The van der Waals surface area contributed by atoms with Gasteiger partial charge in [0.25, 0.3) is 0 Å². The number of methoxy groups -OCH3 is 1. The van der Waals surface area contributed by atoms with E-state index >= 15 is 0 Å². The second-order valence-electron chi connectivity index (χ2n) is 6.00. The molecule has 1 aromatic rings. The summed E-state index contributed by atoms with van der Waals surface area (Å²) in [5.41, 5.74) is 1.47. The standard InChI is InChI=1S/C15H23FN2O/c1-15(2,3)11-9-12(16)14(13(10-11)19-4)18-7-5-17-6-8-18/h9-10,17H,5-8H2,1-4H3. The van der Waals surface area contributed by atoms with Crippen molar-refractivity contribution < 1.29 is 9.13 Å². The second-order valence-corrected chi connectivity index (χ2v) is 6.00. The van der Waals surface area contributed by atoms with E-state index in [-0.39, 0.29) is 11.2 Å². The number of anilines is 1. The number of benzene rings is 1. The Bertz CT molecular complexity index is 448. The van der Waals surface area contributed by atoms with Crippen molar-refractivity contribution in [1.82, 2.24) is 5.32 Å². The molecule has 0 atom stereocenters. The molecule has 1 aromatic carbocycles. The second kappa shape index (κ2) is 5.37. The van der Waals surface area contributed by atoms with Crippen LogP contribution in [0.15, 0.2) is 12.1 Å². The van der Waals surface area contributed by atoms with E-state index in [4.69, 9.17) is 4.74 Å². The number of hydrogen-bond acceptors (Lipinski definition) is 3. The molecule has 1 N–H and O–H groups in total. The highest BCUT2D eigenvalue weighted by Crippen LogP contribution is 2.36. The Balaban J connectivity index is 2.43. The Morgan fingerprint density at radius 3 is 2.37 bits per heavy atom. The maximum absolute atomic E-state index is 14.5. The minimum absolute atomic E-state index is 0.0872. The van der Waals surface area contributed by atoms with E-state index in [0.717, 1.165) is 31.7 Å². The van der Waals surface area contributed by atoms with Gasteiger partial charge in [0.15, 0.2) is 5.82 Å². The lowest BCUT2D eigenvalue weighted by atomic mass is 9.86. The zero-order valence-electron chi connectivity index (χ0n) is 12.2. The van der Waals surface area contributed by atoms with E-state index in [1.54, 1.807) is 13.2 Å². The van der Waals surface area contributed by atoms with Crippen molar-refractivity contribution in [3.63, 3.8) is 0 Å². The predicted molar refractivity (Wildman–Crippen MR) is 76.7 cm³/mol. The maximum Gasteiger partial charge on any atom is 0.150 e. The van der Waals surface area contributed by atoms with Gasteiger partial charge in [-0.05, 0) is 23.1 Å². The molecule has 2 rings (SSSR count). The SMILES string of the molecule is COc1cc(C(C)(C)C)cc(F)c1N1CCNCC1. The van der Waals surface area contributed by atoms with Crippen molar-refractivity contribution in [2.75, 3.05) is 38.2 Å². The summed E-state index contributed by atoms with van der Waals surface area (Å²) in [7, 11) is 1.60. The van der Waals surface area contributed by atoms with Crippen LogP contribution in [0.5, 0.6) is 5.75 Å². The van der Waals surface area contributed by atoms with Crippen molar-refractivity contribution >= 4 is 5.69 Å². The van der Waals surface area contributed by atoms with E-state index in [2.05, 4.69) is 31.0 Å². The van der Waals surface area contributed by atoms with Gasteiger partial charge in [0.05, 0.1) is 7.11 Å². The molecule has 0 spiro atoms. The molecule has 0 radical (unpaired) electrons. The average molecular weight is 266 g/mol. The first-order valence-corrected chi connectivity index (χ1v) is 6.77. The average Bonchev–Trinajstić information content (AvgIpc) is 2.37. The summed E-state index contributed by atoms with van der Waals surface area (Å²) in [5.74, 6) is 0.443. The fourth-order valence-corrected chi connectivity index (χ4v) is 2.36. The number of halogens is 1. The lowest BCUT2D eigenvalue weighted by Gasteiger charge is -2.32. The molecule has 0 aromatic heterocycles. The fraction of sp³-hybridized carbons (Fsp3) is 0.600. The first-order chi connectivity index (χ1) is 8.93. The van der Waals surface area contributed by atoms with Gasteiger partial charge in [-0.1, -0.05) is 20.8 Å². The van der Waals surface area contributed by atoms with Crippen LogP contribution in [0.2, 0.25) is 0 Å². The number of nitrogens with zero attached hydrogens (tertiary/aromatic N) is 1.